The molecule has 1 saturated carbocycles. The largest absolute Gasteiger partial charge is 0.494 e. The molecule has 40 heavy (non-hydrogen) atoms. The van der Waals surface area contributed by atoms with Crippen LogP contribution in [0.2, 0.25) is 5.02 Å². The van der Waals surface area contributed by atoms with E-state index >= 15 is 0 Å². The van der Waals surface area contributed by atoms with E-state index in [1.165, 1.54) is 16.4 Å². The maximum atomic E-state index is 13.6. The molecule has 1 aromatic heterocycles. The number of hydrogen-bond acceptors (Lipinski definition) is 5. The molecule has 206 valence electrons. The summed E-state index contributed by atoms with van der Waals surface area (Å²) in [4.78, 5) is 17.6. The van der Waals surface area contributed by atoms with Crippen molar-refractivity contribution < 1.29 is 17.9 Å². The molecule has 9 heteroatoms. The van der Waals surface area contributed by atoms with E-state index in [0.29, 0.717) is 22.9 Å². The molecule has 0 aliphatic heterocycles. The van der Waals surface area contributed by atoms with Crippen LogP contribution >= 0.6 is 11.6 Å². The fourth-order valence-electron chi connectivity index (χ4n) is 4.56. The quantitative estimate of drug-likeness (QED) is 0.239. The molecule has 1 heterocycles. The number of benzene rings is 3. The summed E-state index contributed by atoms with van der Waals surface area (Å²) in [7, 11) is -3.85. The standard InChI is InChI=1S/C31H30ClN3O4S/c1-2-39-28-14-10-25(11-15-28)31(18-19-31)34-30(36)24-8-6-23(7-9-24)21-35(22-27-5-3-4-20-33-27)40(37,38)29-16-12-26(32)13-17-29/h3-17,20H,2,18-19,21-22H2,1H3,(H,34,36). The van der Waals surface area contributed by atoms with Gasteiger partial charge < -0.3 is 10.1 Å². The number of pyridine rings is 1. The molecule has 1 fully saturated rings. The molecule has 0 atom stereocenters. The molecule has 0 spiro atoms. The lowest BCUT2D eigenvalue weighted by molar-refractivity contribution is 0.0930. The Kier molecular flexibility index (Phi) is 8.21. The van der Waals surface area contributed by atoms with E-state index in [2.05, 4.69) is 10.3 Å². The van der Waals surface area contributed by atoms with Gasteiger partial charge >= 0.3 is 0 Å². The SMILES string of the molecule is CCOc1ccc(C2(NC(=O)c3ccc(CN(Cc4ccccn4)S(=O)(=O)c4ccc(Cl)cc4)cc3)CC2)cc1. The summed E-state index contributed by atoms with van der Waals surface area (Å²) in [6.45, 7) is 2.75. The van der Waals surface area contributed by atoms with E-state index < -0.39 is 10.0 Å². The van der Waals surface area contributed by atoms with Crippen LogP contribution in [0.1, 0.15) is 46.9 Å². The zero-order chi connectivity index (χ0) is 28.2. The van der Waals surface area contributed by atoms with E-state index in [9.17, 15) is 13.2 Å². The Morgan fingerprint density at radius 1 is 0.950 bits per heavy atom. The number of nitrogens with one attached hydrogen (secondary N) is 1. The molecule has 0 bridgehead atoms. The number of carbonyl (C=O) groups excluding carboxylic acids is 1. The second kappa shape index (κ2) is 11.8. The van der Waals surface area contributed by atoms with Crippen molar-refractivity contribution in [2.45, 2.75) is 43.3 Å². The van der Waals surface area contributed by atoms with E-state index in [0.717, 1.165) is 29.7 Å². The van der Waals surface area contributed by atoms with Crippen LogP contribution in [0.5, 0.6) is 5.75 Å². The molecule has 0 radical (unpaired) electrons. The fraction of sp³-hybridized carbons (Fsp3) is 0.226. The van der Waals surface area contributed by atoms with Crippen molar-refractivity contribution in [1.82, 2.24) is 14.6 Å². The molecule has 4 aromatic rings. The third-order valence-electron chi connectivity index (χ3n) is 6.91. The first-order chi connectivity index (χ1) is 19.3. The van der Waals surface area contributed by atoms with Gasteiger partial charge in [-0.25, -0.2) is 8.42 Å². The summed E-state index contributed by atoms with van der Waals surface area (Å²) in [6.07, 6.45) is 3.38. The van der Waals surface area contributed by atoms with Gasteiger partial charge in [-0.15, -0.1) is 0 Å². The topological polar surface area (TPSA) is 88.6 Å². The highest BCUT2D eigenvalue weighted by Crippen LogP contribution is 2.46. The Hall–Kier alpha value is -3.72. The summed E-state index contributed by atoms with van der Waals surface area (Å²) >= 11 is 5.98. The van der Waals surface area contributed by atoms with E-state index in [-0.39, 0.29) is 29.4 Å². The van der Waals surface area contributed by atoms with Crippen molar-refractivity contribution in [2.24, 2.45) is 0 Å². The number of carbonyl (C=O) groups is 1. The number of nitrogens with zero attached hydrogens (tertiary/aromatic N) is 2. The lowest BCUT2D eigenvalue weighted by Crippen LogP contribution is -2.34. The molecule has 0 saturated heterocycles. The Morgan fingerprint density at radius 3 is 2.25 bits per heavy atom. The first-order valence-electron chi connectivity index (χ1n) is 13.1. The minimum absolute atomic E-state index is 0.0959. The third-order valence-corrected chi connectivity index (χ3v) is 8.97. The predicted molar refractivity (Wildman–Crippen MR) is 155 cm³/mol. The van der Waals surface area contributed by atoms with Gasteiger partial charge in [0.1, 0.15) is 5.75 Å². The van der Waals surface area contributed by atoms with E-state index in [4.69, 9.17) is 16.3 Å². The zero-order valence-electron chi connectivity index (χ0n) is 22.1. The minimum Gasteiger partial charge on any atom is -0.494 e. The second-order valence-electron chi connectivity index (χ2n) is 9.74. The molecule has 1 amide bonds. The minimum atomic E-state index is -3.85. The van der Waals surface area contributed by atoms with E-state index in [1.54, 1.807) is 54.7 Å². The first kappa shape index (κ1) is 27.8. The lowest BCUT2D eigenvalue weighted by Gasteiger charge is -2.22. The summed E-state index contributed by atoms with van der Waals surface area (Å²) in [5.41, 5.74) is 2.57. The average Bonchev–Trinajstić information content (AvgIpc) is 3.75. The summed E-state index contributed by atoms with van der Waals surface area (Å²) < 4.78 is 34.0. The van der Waals surface area contributed by atoms with Crippen LogP contribution in [0.4, 0.5) is 0 Å². The van der Waals surface area contributed by atoms with Crippen LogP contribution < -0.4 is 10.1 Å². The molecule has 1 aliphatic carbocycles. The first-order valence-corrected chi connectivity index (χ1v) is 14.9. The van der Waals surface area contributed by atoms with Gasteiger partial charge in [0.2, 0.25) is 10.0 Å². The van der Waals surface area contributed by atoms with Crippen LogP contribution in [-0.2, 0) is 28.7 Å². The molecule has 5 rings (SSSR count). The van der Waals surface area contributed by atoms with Gasteiger partial charge in [-0.1, -0.05) is 41.9 Å². The zero-order valence-corrected chi connectivity index (χ0v) is 23.7. The van der Waals surface area contributed by atoms with Crippen LogP contribution in [0.25, 0.3) is 0 Å². The van der Waals surface area contributed by atoms with Crippen LogP contribution in [-0.4, -0.2) is 30.2 Å². The van der Waals surface area contributed by atoms with Gasteiger partial charge in [0.25, 0.3) is 5.91 Å². The average molecular weight is 576 g/mol. The summed E-state index contributed by atoms with van der Waals surface area (Å²) in [5, 5.41) is 3.65. The second-order valence-corrected chi connectivity index (χ2v) is 12.1. The van der Waals surface area contributed by atoms with Gasteiger partial charge in [-0.3, -0.25) is 9.78 Å². The number of amides is 1. The lowest BCUT2D eigenvalue weighted by atomic mass is 10.0. The van der Waals surface area contributed by atoms with Crippen molar-refractivity contribution in [1.29, 1.82) is 0 Å². The number of hydrogen-bond donors (Lipinski definition) is 1. The number of sulfonamides is 1. The highest BCUT2D eigenvalue weighted by atomic mass is 35.5. The van der Waals surface area contributed by atoms with Gasteiger partial charge in [0.05, 0.1) is 29.3 Å². The maximum Gasteiger partial charge on any atom is 0.251 e. The van der Waals surface area contributed by atoms with Gasteiger partial charge in [0.15, 0.2) is 0 Å². The highest BCUT2D eigenvalue weighted by molar-refractivity contribution is 7.89. The molecule has 1 N–H and O–H groups in total. The van der Waals surface area contributed by atoms with E-state index in [1.807, 2.05) is 37.3 Å². The normalized spacial score (nSPS) is 14.1. The smallest absolute Gasteiger partial charge is 0.251 e. The monoisotopic (exact) mass is 575 g/mol. The van der Waals surface area contributed by atoms with Crippen LogP contribution in [0.3, 0.4) is 0 Å². The number of rotatable bonds is 11. The van der Waals surface area contributed by atoms with Crippen molar-refractivity contribution in [3.8, 4) is 5.75 Å². The molecule has 7 nitrogen and oxygen atoms in total. The molecule has 0 unspecified atom stereocenters. The van der Waals surface area contributed by atoms with Crippen molar-refractivity contribution in [3.05, 3.63) is 125 Å². The number of halogens is 1. The van der Waals surface area contributed by atoms with Gasteiger partial charge in [-0.2, -0.15) is 4.31 Å². The molecule has 1 aliphatic rings. The van der Waals surface area contributed by atoms with Crippen molar-refractivity contribution in [3.63, 3.8) is 0 Å². The number of aromatic nitrogens is 1. The Labute approximate surface area is 239 Å². The third kappa shape index (κ3) is 6.36. The summed E-state index contributed by atoms with van der Waals surface area (Å²) in [5.74, 6) is 0.635. The van der Waals surface area contributed by atoms with Gasteiger partial charge in [0, 0.05) is 23.3 Å². The highest BCUT2D eigenvalue weighted by Gasteiger charge is 2.45. The summed E-state index contributed by atoms with van der Waals surface area (Å²) in [6, 6.07) is 26.4. The Bertz CT molecular complexity index is 1560. The van der Waals surface area contributed by atoms with Crippen LogP contribution in [0, 0.1) is 0 Å². The Balaban J connectivity index is 1.31. The molecular weight excluding hydrogens is 546 g/mol. The molecular formula is C31H30ClN3O4S. The maximum absolute atomic E-state index is 13.6. The van der Waals surface area contributed by atoms with Crippen LogP contribution in [0.15, 0.2) is 102 Å². The Morgan fingerprint density at radius 2 is 1.65 bits per heavy atom. The van der Waals surface area contributed by atoms with Crippen molar-refractivity contribution >= 4 is 27.5 Å². The number of ether oxygens (including phenoxy) is 1. The van der Waals surface area contributed by atoms with Gasteiger partial charge in [-0.05, 0) is 91.6 Å². The van der Waals surface area contributed by atoms with Crippen molar-refractivity contribution in [2.75, 3.05) is 6.61 Å². The molecule has 3 aromatic carbocycles. The predicted octanol–water partition coefficient (Wildman–Crippen LogP) is 5.94. The fourth-order valence-corrected chi connectivity index (χ4v) is 6.08.